The minimum absolute atomic E-state index is 0.535. The van der Waals surface area contributed by atoms with Gasteiger partial charge in [-0.3, -0.25) is 5.10 Å². The van der Waals surface area contributed by atoms with Crippen molar-refractivity contribution in [2.75, 3.05) is 31.6 Å². The molecule has 0 bridgehead atoms. The Morgan fingerprint density at radius 2 is 2.38 bits per heavy atom. The van der Waals surface area contributed by atoms with E-state index < -0.39 is 0 Å². The maximum absolute atomic E-state index is 5.36. The highest BCUT2D eigenvalue weighted by molar-refractivity contribution is 7.13. The molecule has 2 N–H and O–H groups in total. The largest absolute Gasteiger partial charge is 0.495 e. The van der Waals surface area contributed by atoms with Crippen molar-refractivity contribution in [3.05, 3.63) is 11.4 Å². The van der Waals surface area contributed by atoms with E-state index in [0.717, 1.165) is 48.0 Å². The lowest BCUT2D eigenvalue weighted by molar-refractivity contribution is 0.381. The number of nitrogens with one attached hydrogen (secondary N) is 2. The molecule has 4 heterocycles. The predicted octanol–water partition coefficient (Wildman–Crippen LogP) is 1.73. The summed E-state index contributed by atoms with van der Waals surface area (Å²) in [5, 5.41) is 13.0. The molecule has 2 aromatic heterocycles. The van der Waals surface area contributed by atoms with E-state index in [9.17, 15) is 0 Å². The van der Waals surface area contributed by atoms with Crippen LogP contribution in [0.3, 0.4) is 0 Å². The van der Waals surface area contributed by atoms with Crippen LogP contribution >= 0.6 is 11.3 Å². The number of aromatic amines is 1. The van der Waals surface area contributed by atoms with Gasteiger partial charge in [0.15, 0.2) is 5.82 Å². The molecule has 2 aromatic rings. The van der Waals surface area contributed by atoms with Crippen LogP contribution in [0.1, 0.15) is 12.8 Å². The number of aromatic nitrogens is 3. The van der Waals surface area contributed by atoms with Crippen LogP contribution in [0, 0.1) is 5.92 Å². The highest BCUT2D eigenvalue weighted by Gasteiger charge is 2.36. The number of nitrogens with zero attached hydrogens (tertiary/aromatic N) is 3. The minimum atomic E-state index is 0.535. The summed E-state index contributed by atoms with van der Waals surface area (Å²) in [4.78, 5) is 8.07. The average Bonchev–Trinajstić information content (AvgIpc) is 3.24. The lowest BCUT2D eigenvalue weighted by atomic mass is 9.92. The molecule has 2 unspecified atom stereocenters. The van der Waals surface area contributed by atoms with Gasteiger partial charge in [0, 0.05) is 25.7 Å². The molecule has 2 atom stereocenters. The summed E-state index contributed by atoms with van der Waals surface area (Å²) in [6.07, 6.45) is 2.53. The molecule has 4 rings (SSSR count). The topological polar surface area (TPSA) is 66.1 Å². The Hall–Kier alpha value is -1.60. The Kier molecular flexibility index (Phi) is 3.31. The predicted molar refractivity (Wildman–Crippen MR) is 83.0 cm³/mol. The van der Waals surface area contributed by atoms with Gasteiger partial charge >= 0.3 is 0 Å². The summed E-state index contributed by atoms with van der Waals surface area (Å²) in [6, 6.07) is 2.49. The third kappa shape index (κ3) is 2.20. The van der Waals surface area contributed by atoms with Crippen LogP contribution in [0.25, 0.3) is 10.7 Å². The molecule has 2 aliphatic heterocycles. The van der Waals surface area contributed by atoms with E-state index in [2.05, 4.69) is 20.4 Å². The Labute approximate surface area is 127 Å². The summed E-state index contributed by atoms with van der Waals surface area (Å²) >= 11 is 1.62. The first-order valence-corrected chi connectivity index (χ1v) is 8.26. The van der Waals surface area contributed by atoms with Crippen LogP contribution in [0.5, 0.6) is 5.75 Å². The van der Waals surface area contributed by atoms with Crippen LogP contribution in [0.15, 0.2) is 11.4 Å². The summed E-state index contributed by atoms with van der Waals surface area (Å²) < 4.78 is 5.36. The van der Waals surface area contributed by atoms with Crippen LogP contribution in [0.2, 0.25) is 0 Å². The first-order chi connectivity index (χ1) is 10.4. The van der Waals surface area contributed by atoms with Gasteiger partial charge in [-0.1, -0.05) is 0 Å². The van der Waals surface area contributed by atoms with E-state index in [1.807, 2.05) is 11.4 Å². The van der Waals surface area contributed by atoms with E-state index in [1.165, 1.54) is 12.8 Å². The zero-order chi connectivity index (χ0) is 14.2. The highest BCUT2D eigenvalue weighted by Crippen LogP contribution is 2.35. The molecule has 0 radical (unpaired) electrons. The lowest BCUT2D eigenvalue weighted by Crippen LogP contribution is -2.45. The van der Waals surface area contributed by atoms with Gasteiger partial charge in [-0.05, 0) is 30.2 Å². The molecule has 0 spiro atoms. The normalized spacial score (nSPS) is 25.1. The van der Waals surface area contributed by atoms with Gasteiger partial charge in [0.05, 0.1) is 7.11 Å². The lowest BCUT2D eigenvalue weighted by Gasteiger charge is -2.36. The summed E-state index contributed by atoms with van der Waals surface area (Å²) in [6.45, 7) is 3.20. The van der Waals surface area contributed by atoms with Crippen molar-refractivity contribution in [1.29, 1.82) is 0 Å². The maximum atomic E-state index is 5.36. The fourth-order valence-corrected chi connectivity index (χ4v) is 4.23. The number of fused-ring (bicyclic) bond motifs is 1. The van der Waals surface area contributed by atoms with Gasteiger partial charge in [0.25, 0.3) is 0 Å². The molecule has 0 aromatic carbocycles. The first kappa shape index (κ1) is 13.1. The third-order valence-electron chi connectivity index (χ3n) is 4.47. The smallest absolute Gasteiger partial charge is 0.245 e. The molecule has 6 nitrogen and oxygen atoms in total. The second kappa shape index (κ2) is 5.31. The number of hydrogen-bond acceptors (Lipinski definition) is 6. The van der Waals surface area contributed by atoms with E-state index >= 15 is 0 Å². The molecule has 0 saturated carbocycles. The Morgan fingerprint density at radius 1 is 1.43 bits per heavy atom. The summed E-state index contributed by atoms with van der Waals surface area (Å²) in [7, 11) is 1.68. The van der Waals surface area contributed by atoms with Crippen molar-refractivity contribution >= 4 is 17.3 Å². The molecule has 21 heavy (non-hydrogen) atoms. The van der Waals surface area contributed by atoms with Gasteiger partial charge in [-0.25, -0.2) is 0 Å². The Morgan fingerprint density at radius 3 is 3.29 bits per heavy atom. The van der Waals surface area contributed by atoms with Crippen LogP contribution < -0.4 is 15.0 Å². The molecule has 0 amide bonds. The summed E-state index contributed by atoms with van der Waals surface area (Å²) in [5.41, 5.74) is 0. The van der Waals surface area contributed by atoms with Gasteiger partial charge < -0.3 is 15.0 Å². The van der Waals surface area contributed by atoms with Gasteiger partial charge in [0.2, 0.25) is 5.95 Å². The molecular weight excluding hydrogens is 286 g/mol. The van der Waals surface area contributed by atoms with E-state index in [1.54, 1.807) is 18.4 Å². The second-order valence-electron chi connectivity index (χ2n) is 5.62. The van der Waals surface area contributed by atoms with Crippen molar-refractivity contribution in [3.8, 4) is 16.5 Å². The van der Waals surface area contributed by atoms with Gasteiger partial charge in [-0.2, -0.15) is 4.98 Å². The van der Waals surface area contributed by atoms with E-state index in [0.29, 0.717) is 6.04 Å². The monoisotopic (exact) mass is 305 g/mol. The summed E-state index contributed by atoms with van der Waals surface area (Å²) in [5.74, 6) is 3.20. The fraction of sp³-hybridized carbons (Fsp3) is 0.571. The number of hydrogen-bond donors (Lipinski definition) is 2. The standard InChI is InChI=1S/C14H19N5OS/c1-20-11-4-6-21-12(11)13-16-14(18-17-13)19-5-2-3-9-7-15-8-10(9)19/h4,6,9-10,15H,2-3,5,7-8H2,1H3,(H,16,17,18). The zero-order valence-corrected chi connectivity index (χ0v) is 12.8. The van der Waals surface area contributed by atoms with Crippen LogP contribution in [-0.2, 0) is 0 Å². The molecule has 7 heteroatoms. The quantitative estimate of drug-likeness (QED) is 0.904. The van der Waals surface area contributed by atoms with Crippen molar-refractivity contribution in [2.24, 2.45) is 5.92 Å². The van der Waals surface area contributed by atoms with Crippen molar-refractivity contribution in [2.45, 2.75) is 18.9 Å². The molecule has 0 aliphatic carbocycles. The fourth-order valence-electron chi connectivity index (χ4n) is 3.43. The van der Waals surface area contributed by atoms with Gasteiger partial charge in [-0.15, -0.1) is 16.4 Å². The molecule has 2 saturated heterocycles. The van der Waals surface area contributed by atoms with Crippen LogP contribution in [0.4, 0.5) is 5.95 Å². The zero-order valence-electron chi connectivity index (χ0n) is 12.0. The van der Waals surface area contributed by atoms with E-state index in [-0.39, 0.29) is 0 Å². The number of H-pyrrole nitrogens is 1. The second-order valence-corrected chi connectivity index (χ2v) is 6.54. The SMILES string of the molecule is COc1ccsc1-c1nc(N2CCCC3CNCC32)n[nH]1. The van der Waals surface area contributed by atoms with Crippen molar-refractivity contribution < 1.29 is 4.74 Å². The molecular formula is C14H19N5OS. The van der Waals surface area contributed by atoms with Crippen LogP contribution in [-0.4, -0.2) is 48.0 Å². The average molecular weight is 305 g/mol. The number of ether oxygens (including phenoxy) is 1. The maximum Gasteiger partial charge on any atom is 0.245 e. The highest BCUT2D eigenvalue weighted by atomic mass is 32.1. The van der Waals surface area contributed by atoms with Gasteiger partial charge in [0.1, 0.15) is 10.6 Å². The number of piperidine rings is 1. The Balaban J connectivity index is 1.62. The number of rotatable bonds is 3. The minimum Gasteiger partial charge on any atom is -0.495 e. The molecule has 112 valence electrons. The molecule has 2 fully saturated rings. The van der Waals surface area contributed by atoms with E-state index in [4.69, 9.17) is 9.72 Å². The molecule has 2 aliphatic rings. The number of thiophene rings is 1. The van der Waals surface area contributed by atoms with Crippen molar-refractivity contribution in [1.82, 2.24) is 20.5 Å². The number of anilines is 1. The van der Waals surface area contributed by atoms with Crippen molar-refractivity contribution in [3.63, 3.8) is 0 Å². The first-order valence-electron chi connectivity index (χ1n) is 7.38. The third-order valence-corrected chi connectivity index (χ3v) is 5.38. The Bertz CT molecular complexity index is 624. The number of methoxy groups -OCH3 is 1.